The average molecular weight is 233 g/mol. The van der Waals surface area contributed by atoms with Crippen LogP contribution >= 0.6 is 0 Å². The van der Waals surface area contributed by atoms with Crippen molar-refractivity contribution in [1.29, 1.82) is 0 Å². The van der Waals surface area contributed by atoms with E-state index in [0.717, 1.165) is 17.2 Å². The van der Waals surface area contributed by atoms with Gasteiger partial charge in [0.25, 0.3) is 5.91 Å². The van der Waals surface area contributed by atoms with Crippen molar-refractivity contribution in [2.45, 2.75) is 20.3 Å². The molecule has 2 heterocycles. The van der Waals surface area contributed by atoms with E-state index < -0.39 is 0 Å². The minimum atomic E-state index is -0.0969. The van der Waals surface area contributed by atoms with Crippen LogP contribution in [0.5, 0.6) is 0 Å². The fraction of sp³-hybridized carbons (Fsp3) is 0.364. The highest BCUT2D eigenvalue weighted by Gasteiger charge is 2.14. The summed E-state index contributed by atoms with van der Waals surface area (Å²) in [6.45, 7) is 4.20. The molecule has 0 aliphatic carbocycles. The number of carbonyl (C=O) groups excluding carboxylic acids is 1. The molecule has 2 aromatic rings. The van der Waals surface area contributed by atoms with Gasteiger partial charge in [0.1, 0.15) is 5.82 Å². The lowest BCUT2D eigenvalue weighted by Crippen LogP contribution is -2.26. The van der Waals surface area contributed by atoms with Crippen molar-refractivity contribution in [3.05, 3.63) is 35.2 Å². The first-order valence-corrected chi connectivity index (χ1v) is 5.46. The predicted octanol–water partition coefficient (Wildman–Crippen LogP) is 0.722. The van der Waals surface area contributed by atoms with Crippen LogP contribution < -0.4 is 5.32 Å². The molecule has 1 amide bonds. The molecule has 0 saturated heterocycles. The van der Waals surface area contributed by atoms with Crippen LogP contribution in [0.25, 0.3) is 0 Å². The van der Waals surface area contributed by atoms with E-state index in [4.69, 9.17) is 0 Å². The minimum Gasteiger partial charge on any atom is -0.351 e. The smallest absolute Gasteiger partial charge is 0.255 e. The standard InChI is InChI=1S/C11H15N5O/c1-7-10(8(2)16-15-7)11(17)14-4-3-9-12-5-6-13-9/h5-6H,3-4H2,1-2H3,(H,12,13)(H,14,17)(H,15,16). The maximum atomic E-state index is 11.9. The Bertz CT molecular complexity index is 480. The molecule has 0 aliphatic heterocycles. The van der Waals surface area contributed by atoms with Gasteiger partial charge in [0, 0.05) is 31.1 Å². The third kappa shape index (κ3) is 2.52. The number of carbonyl (C=O) groups is 1. The van der Waals surface area contributed by atoms with Crippen LogP contribution in [0.3, 0.4) is 0 Å². The zero-order valence-corrected chi connectivity index (χ0v) is 9.87. The second kappa shape index (κ2) is 4.82. The highest BCUT2D eigenvalue weighted by molar-refractivity contribution is 5.96. The van der Waals surface area contributed by atoms with E-state index in [2.05, 4.69) is 25.5 Å². The maximum Gasteiger partial charge on any atom is 0.255 e. The third-order valence-corrected chi connectivity index (χ3v) is 2.56. The van der Waals surface area contributed by atoms with E-state index in [1.165, 1.54) is 0 Å². The van der Waals surface area contributed by atoms with Crippen LogP contribution in [-0.4, -0.2) is 32.6 Å². The molecule has 0 atom stereocenters. The Balaban J connectivity index is 1.90. The van der Waals surface area contributed by atoms with Gasteiger partial charge < -0.3 is 10.3 Å². The monoisotopic (exact) mass is 233 g/mol. The van der Waals surface area contributed by atoms with E-state index in [9.17, 15) is 4.79 Å². The van der Waals surface area contributed by atoms with Crippen LogP contribution in [0, 0.1) is 13.8 Å². The van der Waals surface area contributed by atoms with Crippen LogP contribution in [0.1, 0.15) is 27.6 Å². The number of imidazole rings is 1. The average Bonchev–Trinajstić information content (AvgIpc) is 2.89. The molecular formula is C11H15N5O. The van der Waals surface area contributed by atoms with Gasteiger partial charge in [0.05, 0.1) is 11.3 Å². The summed E-state index contributed by atoms with van der Waals surface area (Å²) in [5, 5.41) is 9.63. The van der Waals surface area contributed by atoms with E-state index in [0.29, 0.717) is 18.5 Å². The second-order valence-electron chi connectivity index (χ2n) is 3.85. The Morgan fingerprint density at radius 3 is 2.88 bits per heavy atom. The van der Waals surface area contributed by atoms with Gasteiger partial charge in [0.2, 0.25) is 0 Å². The molecule has 3 N–H and O–H groups in total. The van der Waals surface area contributed by atoms with Crippen LogP contribution in [-0.2, 0) is 6.42 Å². The fourth-order valence-electron chi connectivity index (χ4n) is 1.70. The van der Waals surface area contributed by atoms with Gasteiger partial charge in [-0.25, -0.2) is 4.98 Å². The number of hydrogen-bond acceptors (Lipinski definition) is 3. The molecule has 2 aromatic heterocycles. The molecule has 0 spiro atoms. The number of amides is 1. The number of aromatic amines is 2. The molecule has 0 aromatic carbocycles. The number of H-pyrrole nitrogens is 2. The number of hydrogen-bond donors (Lipinski definition) is 3. The van der Waals surface area contributed by atoms with Crippen molar-refractivity contribution in [2.24, 2.45) is 0 Å². The Hall–Kier alpha value is -2.11. The van der Waals surface area contributed by atoms with Crippen molar-refractivity contribution in [1.82, 2.24) is 25.5 Å². The number of aromatic nitrogens is 4. The molecule has 0 bridgehead atoms. The molecule has 17 heavy (non-hydrogen) atoms. The van der Waals surface area contributed by atoms with Crippen molar-refractivity contribution in [3.63, 3.8) is 0 Å². The normalized spacial score (nSPS) is 10.5. The topological polar surface area (TPSA) is 86.5 Å². The SMILES string of the molecule is Cc1n[nH]c(C)c1C(=O)NCCc1ncc[nH]1. The number of nitrogens with one attached hydrogen (secondary N) is 3. The third-order valence-electron chi connectivity index (χ3n) is 2.56. The van der Waals surface area contributed by atoms with E-state index >= 15 is 0 Å². The van der Waals surface area contributed by atoms with Crippen LogP contribution in [0.4, 0.5) is 0 Å². The highest BCUT2D eigenvalue weighted by atomic mass is 16.1. The van der Waals surface area contributed by atoms with E-state index in [-0.39, 0.29) is 5.91 Å². The van der Waals surface area contributed by atoms with Crippen molar-refractivity contribution >= 4 is 5.91 Å². The fourth-order valence-corrected chi connectivity index (χ4v) is 1.70. The summed E-state index contributed by atoms with van der Waals surface area (Å²) < 4.78 is 0. The van der Waals surface area contributed by atoms with Crippen LogP contribution in [0.2, 0.25) is 0 Å². The first kappa shape index (κ1) is 11.4. The molecule has 2 rings (SSSR count). The van der Waals surface area contributed by atoms with E-state index in [1.54, 1.807) is 12.4 Å². The maximum absolute atomic E-state index is 11.9. The molecule has 0 saturated carbocycles. The van der Waals surface area contributed by atoms with Gasteiger partial charge in [-0.1, -0.05) is 0 Å². The highest BCUT2D eigenvalue weighted by Crippen LogP contribution is 2.08. The van der Waals surface area contributed by atoms with Gasteiger partial charge in [-0.2, -0.15) is 5.10 Å². The van der Waals surface area contributed by atoms with Gasteiger partial charge in [0.15, 0.2) is 0 Å². The molecule has 0 fully saturated rings. The minimum absolute atomic E-state index is 0.0969. The lowest BCUT2D eigenvalue weighted by atomic mass is 10.2. The quantitative estimate of drug-likeness (QED) is 0.727. The number of nitrogens with zero attached hydrogens (tertiary/aromatic N) is 2. The molecule has 6 nitrogen and oxygen atoms in total. The second-order valence-corrected chi connectivity index (χ2v) is 3.85. The van der Waals surface area contributed by atoms with Gasteiger partial charge >= 0.3 is 0 Å². The van der Waals surface area contributed by atoms with E-state index in [1.807, 2.05) is 13.8 Å². The van der Waals surface area contributed by atoms with Crippen LogP contribution in [0.15, 0.2) is 12.4 Å². The number of rotatable bonds is 4. The summed E-state index contributed by atoms with van der Waals surface area (Å²) in [7, 11) is 0. The first-order valence-electron chi connectivity index (χ1n) is 5.46. The van der Waals surface area contributed by atoms with Crippen molar-refractivity contribution in [3.8, 4) is 0 Å². The summed E-state index contributed by atoms with van der Waals surface area (Å²) in [5.74, 6) is 0.770. The Morgan fingerprint density at radius 2 is 2.29 bits per heavy atom. The summed E-state index contributed by atoms with van der Waals surface area (Å²) in [6.07, 6.45) is 4.15. The Kier molecular flexibility index (Phi) is 3.22. The van der Waals surface area contributed by atoms with Crippen molar-refractivity contribution < 1.29 is 4.79 Å². The summed E-state index contributed by atoms with van der Waals surface area (Å²) in [6, 6.07) is 0. The largest absolute Gasteiger partial charge is 0.351 e. The molecule has 0 aliphatic rings. The zero-order chi connectivity index (χ0) is 12.3. The Morgan fingerprint density at radius 1 is 1.47 bits per heavy atom. The lowest BCUT2D eigenvalue weighted by molar-refractivity contribution is 0.0953. The zero-order valence-electron chi connectivity index (χ0n) is 9.87. The first-order chi connectivity index (χ1) is 8.18. The molecular weight excluding hydrogens is 218 g/mol. The van der Waals surface area contributed by atoms with Crippen molar-refractivity contribution in [2.75, 3.05) is 6.54 Å². The summed E-state index contributed by atoms with van der Waals surface area (Å²) in [4.78, 5) is 18.9. The van der Waals surface area contributed by atoms with Gasteiger partial charge in [-0.3, -0.25) is 9.89 Å². The lowest BCUT2D eigenvalue weighted by Gasteiger charge is -2.03. The molecule has 90 valence electrons. The summed E-state index contributed by atoms with van der Waals surface area (Å²) in [5.41, 5.74) is 2.14. The van der Waals surface area contributed by atoms with Gasteiger partial charge in [-0.05, 0) is 13.8 Å². The predicted molar refractivity (Wildman–Crippen MR) is 62.7 cm³/mol. The molecule has 6 heteroatoms. The Labute approximate surface area is 98.9 Å². The summed E-state index contributed by atoms with van der Waals surface area (Å²) >= 11 is 0. The van der Waals surface area contributed by atoms with Gasteiger partial charge in [-0.15, -0.1) is 0 Å². The molecule has 0 unspecified atom stereocenters. The number of aryl methyl sites for hydroxylation is 2. The molecule has 0 radical (unpaired) electrons.